The molecule has 17 heavy (non-hydrogen) atoms. The van der Waals surface area contributed by atoms with Crippen LogP contribution in [0.15, 0.2) is 24.4 Å². The number of carbonyl (C=O) groups excluding carboxylic acids is 1. The molecule has 2 N–H and O–H groups in total. The van der Waals surface area contributed by atoms with Gasteiger partial charge in [-0.3, -0.25) is 4.79 Å². The fraction of sp³-hybridized carbons (Fsp3) is 0.100. The van der Waals surface area contributed by atoms with Crippen molar-refractivity contribution in [3.8, 4) is 0 Å². The fourth-order valence-electron chi connectivity index (χ4n) is 1.41. The highest BCUT2D eigenvalue weighted by atomic mass is 19.4. The summed E-state index contributed by atoms with van der Waals surface area (Å²) in [5, 5.41) is 0.328. The SMILES string of the molecule is NC(=O)c1cc2cccnc2nc1C(F)(F)F. The molecule has 4 nitrogen and oxygen atoms in total. The van der Waals surface area contributed by atoms with Gasteiger partial charge in [0.05, 0.1) is 5.56 Å². The van der Waals surface area contributed by atoms with Crippen LogP contribution in [0, 0.1) is 0 Å². The van der Waals surface area contributed by atoms with Gasteiger partial charge in [0.1, 0.15) is 0 Å². The van der Waals surface area contributed by atoms with Crippen LogP contribution in [0.25, 0.3) is 11.0 Å². The van der Waals surface area contributed by atoms with Crippen molar-refractivity contribution < 1.29 is 18.0 Å². The number of pyridine rings is 2. The molecule has 0 aliphatic rings. The van der Waals surface area contributed by atoms with Crippen molar-refractivity contribution >= 4 is 16.9 Å². The minimum Gasteiger partial charge on any atom is -0.366 e. The zero-order valence-electron chi connectivity index (χ0n) is 8.32. The molecule has 1 amide bonds. The Morgan fingerprint density at radius 3 is 2.65 bits per heavy atom. The van der Waals surface area contributed by atoms with E-state index in [2.05, 4.69) is 9.97 Å². The molecule has 2 aromatic heterocycles. The van der Waals surface area contributed by atoms with Gasteiger partial charge in [0, 0.05) is 11.6 Å². The molecule has 0 saturated heterocycles. The molecule has 0 spiro atoms. The van der Waals surface area contributed by atoms with Crippen molar-refractivity contribution in [2.45, 2.75) is 6.18 Å². The maximum Gasteiger partial charge on any atom is 0.434 e. The molecule has 0 aromatic carbocycles. The first-order valence-electron chi connectivity index (χ1n) is 4.52. The van der Waals surface area contributed by atoms with Gasteiger partial charge in [-0.05, 0) is 18.2 Å². The van der Waals surface area contributed by atoms with Crippen LogP contribution < -0.4 is 5.73 Å². The largest absolute Gasteiger partial charge is 0.434 e. The number of primary amides is 1. The van der Waals surface area contributed by atoms with Crippen LogP contribution in [0.5, 0.6) is 0 Å². The van der Waals surface area contributed by atoms with Crippen molar-refractivity contribution in [3.05, 3.63) is 35.7 Å². The lowest BCUT2D eigenvalue weighted by molar-refractivity contribution is -0.141. The van der Waals surface area contributed by atoms with Gasteiger partial charge in [0.15, 0.2) is 11.3 Å². The van der Waals surface area contributed by atoms with Gasteiger partial charge in [-0.25, -0.2) is 9.97 Å². The van der Waals surface area contributed by atoms with Crippen LogP contribution in [-0.2, 0) is 6.18 Å². The van der Waals surface area contributed by atoms with E-state index in [9.17, 15) is 18.0 Å². The molecule has 0 aliphatic heterocycles. The molecule has 0 atom stereocenters. The summed E-state index contributed by atoms with van der Waals surface area (Å²) in [6, 6.07) is 4.07. The van der Waals surface area contributed by atoms with Crippen molar-refractivity contribution in [2.75, 3.05) is 0 Å². The molecule has 2 heterocycles. The number of halogens is 3. The predicted molar refractivity (Wildman–Crippen MR) is 53.1 cm³/mol. The van der Waals surface area contributed by atoms with E-state index in [4.69, 9.17) is 5.73 Å². The quantitative estimate of drug-likeness (QED) is 0.826. The Labute approximate surface area is 93.3 Å². The zero-order chi connectivity index (χ0) is 12.6. The molecular formula is C10H6F3N3O. The monoisotopic (exact) mass is 241 g/mol. The number of hydrogen-bond acceptors (Lipinski definition) is 3. The van der Waals surface area contributed by atoms with Crippen molar-refractivity contribution in [3.63, 3.8) is 0 Å². The lowest BCUT2D eigenvalue weighted by atomic mass is 10.1. The molecular weight excluding hydrogens is 235 g/mol. The van der Waals surface area contributed by atoms with Gasteiger partial charge in [-0.1, -0.05) is 0 Å². The van der Waals surface area contributed by atoms with Gasteiger partial charge in [0.2, 0.25) is 0 Å². The number of nitrogens with two attached hydrogens (primary N) is 1. The summed E-state index contributed by atoms with van der Waals surface area (Å²) in [6.07, 6.45) is -3.42. The van der Waals surface area contributed by atoms with Crippen LogP contribution in [0.2, 0.25) is 0 Å². The smallest absolute Gasteiger partial charge is 0.366 e. The first-order chi connectivity index (χ1) is 7.89. The number of fused-ring (bicyclic) bond motifs is 1. The number of nitrogens with zero attached hydrogens (tertiary/aromatic N) is 2. The topological polar surface area (TPSA) is 68.9 Å². The molecule has 2 aromatic rings. The van der Waals surface area contributed by atoms with E-state index in [0.29, 0.717) is 5.39 Å². The van der Waals surface area contributed by atoms with Crippen LogP contribution in [0.1, 0.15) is 16.1 Å². The Hall–Kier alpha value is -2.18. The van der Waals surface area contributed by atoms with Gasteiger partial charge >= 0.3 is 6.18 Å². The Morgan fingerprint density at radius 1 is 1.35 bits per heavy atom. The normalized spacial score (nSPS) is 11.7. The molecule has 0 bridgehead atoms. The zero-order valence-corrected chi connectivity index (χ0v) is 8.32. The number of carbonyl (C=O) groups is 1. The summed E-state index contributed by atoms with van der Waals surface area (Å²) in [4.78, 5) is 18.0. The summed E-state index contributed by atoms with van der Waals surface area (Å²) in [7, 11) is 0. The lowest BCUT2D eigenvalue weighted by Crippen LogP contribution is -2.20. The molecule has 0 aliphatic carbocycles. The van der Waals surface area contributed by atoms with E-state index in [-0.39, 0.29) is 5.65 Å². The van der Waals surface area contributed by atoms with E-state index in [1.807, 2.05) is 0 Å². The van der Waals surface area contributed by atoms with Gasteiger partial charge in [-0.15, -0.1) is 0 Å². The fourth-order valence-corrected chi connectivity index (χ4v) is 1.41. The first kappa shape index (κ1) is 11.3. The highest BCUT2D eigenvalue weighted by molar-refractivity contribution is 5.97. The Balaban J connectivity index is 2.80. The van der Waals surface area contributed by atoms with E-state index >= 15 is 0 Å². The third-order valence-electron chi connectivity index (χ3n) is 2.12. The number of hydrogen-bond donors (Lipinski definition) is 1. The average molecular weight is 241 g/mol. The Morgan fingerprint density at radius 2 is 2.06 bits per heavy atom. The minimum absolute atomic E-state index is 0.0789. The standard InChI is InChI=1S/C10H6F3N3O/c11-10(12,13)7-6(8(14)17)4-5-2-1-3-15-9(5)16-7/h1-4H,(H2,14,17). The maximum absolute atomic E-state index is 12.6. The first-order valence-corrected chi connectivity index (χ1v) is 4.52. The summed E-state index contributed by atoms with van der Waals surface area (Å²) in [5.41, 5.74) is 2.86. The second-order valence-electron chi connectivity index (χ2n) is 3.30. The van der Waals surface area contributed by atoms with Crippen molar-refractivity contribution in [1.82, 2.24) is 9.97 Å². The second kappa shape index (κ2) is 3.69. The number of rotatable bonds is 1. The highest BCUT2D eigenvalue weighted by Gasteiger charge is 2.37. The van der Waals surface area contributed by atoms with Gasteiger partial charge in [0.25, 0.3) is 5.91 Å². The van der Waals surface area contributed by atoms with Crippen molar-refractivity contribution in [1.29, 1.82) is 0 Å². The highest BCUT2D eigenvalue weighted by Crippen LogP contribution is 2.31. The Kier molecular flexibility index (Phi) is 2.45. The molecule has 88 valence electrons. The molecule has 2 rings (SSSR count). The molecule has 0 radical (unpaired) electrons. The van der Waals surface area contributed by atoms with E-state index in [0.717, 1.165) is 6.07 Å². The second-order valence-corrected chi connectivity index (χ2v) is 3.30. The minimum atomic E-state index is -4.74. The maximum atomic E-state index is 12.6. The number of amides is 1. The van der Waals surface area contributed by atoms with E-state index < -0.39 is 23.3 Å². The Bertz CT molecular complexity index is 595. The predicted octanol–water partition coefficient (Wildman–Crippen LogP) is 1.75. The molecule has 0 unspecified atom stereocenters. The van der Waals surface area contributed by atoms with Gasteiger partial charge in [-0.2, -0.15) is 13.2 Å². The van der Waals surface area contributed by atoms with Crippen LogP contribution in [-0.4, -0.2) is 15.9 Å². The number of alkyl halides is 3. The third kappa shape index (κ3) is 2.03. The summed E-state index contributed by atoms with van der Waals surface area (Å²) in [6.45, 7) is 0. The number of aromatic nitrogens is 2. The summed E-state index contributed by atoms with van der Waals surface area (Å²) < 4.78 is 37.9. The molecule has 0 saturated carbocycles. The molecule has 0 fully saturated rings. The third-order valence-corrected chi connectivity index (χ3v) is 2.12. The summed E-state index contributed by atoms with van der Waals surface area (Å²) in [5.74, 6) is -1.17. The van der Waals surface area contributed by atoms with Gasteiger partial charge < -0.3 is 5.73 Å². The summed E-state index contributed by atoms with van der Waals surface area (Å²) >= 11 is 0. The van der Waals surface area contributed by atoms with E-state index in [1.165, 1.54) is 18.3 Å². The van der Waals surface area contributed by atoms with Crippen LogP contribution in [0.4, 0.5) is 13.2 Å². The van der Waals surface area contributed by atoms with E-state index in [1.54, 1.807) is 0 Å². The van der Waals surface area contributed by atoms with Crippen LogP contribution in [0.3, 0.4) is 0 Å². The van der Waals surface area contributed by atoms with Crippen molar-refractivity contribution in [2.24, 2.45) is 5.73 Å². The van der Waals surface area contributed by atoms with Crippen LogP contribution >= 0.6 is 0 Å². The lowest BCUT2D eigenvalue weighted by Gasteiger charge is -2.10. The molecule has 7 heteroatoms. The average Bonchev–Trinajstić information content (AvgIpc) is 2.26.